The number of hydrogen-bond donors (Lipinski definition) is 1. The number of phenolic OH excluding ortho intramolecular Hbond substituents is 1. The number of halogens is 2. The standard InChI is InChI=1S/C31H29ClFN7O3/c1-5-24(42)39-14-13-38(16-19(39)9-11-34)29-20-15-21(32)27(25-22(33)7-6-8-23(25)41)36-30(20)40(31(43)37-29)28-18(4)10-12-35-26(28)17(2)3/h5-8,10,12,15,17,19,41H,1,9,13-14,16H2,2-4H3. The van der Waals surface area contributed by atoms with Gasteiger partial charge in [0.25, 0.3) is 0 Å². The number of aromatic nitrogens is 4. The molecule has 5 rings (SSSR count). The normalized spacial score (nSPS) is 15.1. The molecule has 1 aliphatic rings. The van der Waals surface area contributed by atoms with Gasteiger partial charge in [0.1, 0.15) is 17.4 Å². The number of amides is 1. The molecule has 0 spiro atoms. The molecule has 0 saturated carbocycles. The number of aromatic hydroxyl groups is 1. The summed E-state index contributed by atoms with van der Waals surface area (Å²) in [6, 6.07) is 8.84. The van der Waals surface area contributed by atoms with Crippen LogP contribution in [0.4, 0.5) is 10.2 Å². The maximum atomic E-state index is 15.0. The first-order valence-electron chi connectivity index (χ1n) is 13.7. The topological polar surface area (TPSA) is 128 Å². The van der Waals surface area contributed by atoms with Crippen molar-refractivity contribution in [2.24, 2.45) is 0 Å². The number of pyridine rings is 2. The fraction of sp³-hybridized carbons (Fsp3) is 0.290. The third-order valence-corrected chi connectivity index (χ3v) is 7.81. The van der Waals surface area contributed by atoms with Crippen LogP contribution >= 0.6 is 11.6 Å². The summed E-state index contributed by atoms with van der Waals surface area (Å²) in [5.41, 5.74) is 1.10. The Bertz CT molecular complexity index is 1850. The van der Waals surface area contributed by atoms with Gasteiger partial charge in [-0.15, -0.1) is 0 Å². The second-order valence-corrected chi connectivity index (χ2v) is 11.0. The number of nitrogens with zero attached hydrogens (tertiary/aromatic N) is 7. The Morgan fingerprint density at radius 2 is 2.07 bits per heavy atom. The Balaban J connectivity index is 1.82. The van der Waals surface area contributed by atoms with Crippen molar-refractivity contribution >= 4 is 34.4 Å². The molecule has 1 saturated heterocycles. The number of benzene rings is 1. The SMILES string of the molecule is C=CC(=O)N1CCN(c2nc(=O)n(-c3c(C)ccnc3C(C)C)c3nc(-c4c(O)cccc4F)c(Cl)cc23)CC1CC#N. The van der Waals surface area contributed by atoms with Crippen LogP contribution in [-0.2, 0) is 4.79 Å². The number of anilines is 1. The summed E-state index contributed by atoms with van der Waals surface area (Å²) in [5.74, 6) is -1.20. The molecule has 4 aromatic rings. The highest BCUT2D eigenvalue weighted by atomic mass is 35.5. The van der Waals surface area contributed by atoms with Gasteiger partial charge in [-0.2, -0.15) is 10.2 Å². The van der Waals surface area contributed by atoms with Gasteiger partial charge in [0.15, 0.2) is 5.65 Å². The number of hydrogen-bond acceptors (Lipinski definition) is 8. The molecule has 1 N–H and O–H groups in total. The Morgan fingerprint density at radius 1 is 1.30 bits per heavy atom. The summed E-state index contributed by atoms with van der Waals surface area (Å²) in [5, 5.41) is 20.4. The van der Waals surface area contributed by atoms with Crippen molar-refractivity contribution in [2.45, 2.75) is 39.2 Å². The molecule has 10 nitrogen and oxygen atoms in total. The molecule has 1 aromatic carbocycles. The Kier molecular flexibility index (Phi) is 8.15. The molecule has 0 radical (unpaired) electrons. The van der Waals surface area contributed by atoms with Gasteiger partial charge < -0.3 is 14.9 Å². The van der Waals surface area contributed by atoms with Crippen molar-refractivity contribution < 1.29 is 14.3 Å². The van der Waals surface area contributed by atoms with Gasteiger partial charge in [-0.3, -0.25) is 9.78 Å². The molecule has 3 aromatic heterocycles. The molecule has 4 heterocycles. The summed E-state index contributed by atoms with van der Waals surface area (Å²) >= 11 is 6.71. The minimum absolute atomic E-state index is 0.0298. The first-order chi connectivity index (χ1) is 20.6. The van der Waals surface area contributed by atoms with Crippen molar-refractivity contribution in [3.05, 3.63) is 81.8 Å². The predicted octanol–water partition coefficient (Wildman–Crippen LogP) is 4.89. The number of nitriles is 1. The zero-order chi connectivity index (χ0) is 31.0. The van der Waals surface area contributed by atoms with E-state index in [0.29, 0.717) is 23.3 Å². The third-order valence-electron chi connectivity index (χ3n) is 7.52. The summed E-state index contributed by atoms with van der Waals surface area (Å²) in [7, 11) is 0. The van der Waals surface area contributed by atoms with Crippen LogP contribution in [0, 0.1) is 24.1 Å². The van der Waals surface area contributed by atoms with Gasteiger partial charge in [-0.05, 0) is 48.7 Å². The van der Waals surface area contributed by atoms with E-state index < -0.39 is 17.5 Å². The molecule has 0 bridgehead atoms. The highest BCUT2D eigenvalue weighted by Crippen LogP contribution is 2.39. The molecule has 1 atom stereocenters. The molecular formula is C31H29ClFN7O3. The number of carbonyl (C=O) groups excluding carboxylic acids is 1. The van der Waals surface area contributed by atoms with Gasteiger partial charge in [0.2, 0.25) is 5.91 Å². The molecule has 43 heavy (non-hydrogen) atoms. The number of phenols is 1. The highest BCUT2D eigenvalue weighted by Gasteiger charge is 2.32. The van der Waals surface area contributed by atoms with Gasteiger partial charge >= 0.3 is 5.69 Å². The number of piperazine rings is 1. The van der Waals surface area contributed by atoms with E-state index in [1.54, 1.807) is 23.2 Å². The molecule has 1 amide bonds. The van der Waals surface area contributed by atoms with Crippen LogP contribution in [0.25, 0.3) is 28.0 Å². The fourth-order valence-electron chi connectivity index (χ4n) is 5.49. The van der Waals surface area contributed by atoms with E-state index in [-0.39, 0.29) is 64.8 Å². The minimum atomic E-state index is -0.736. The third kappa shape index (κ3) is 5.30. The highest BCUT2D eigenvalue weighted by molar-refractivity contribution is 6.34. The van der Waals surface area contributed by atoms with E-state index >= 15 is 4.39 Å². The van der Waals surface area contributed by atoms with E-state index in [1.165, 1.54) is 28.8 Å². The maximum absolute atomic E-state index is 15.0. The molecule has 1 aliphatic heterocycles. The summed E-state index contributed by atoms with van der Waals surface area (Å²) < 4.78 is 16.4. The van der Waals surface area contributed by atoms with Crippen LogP contribution in [0.1, 0.15) is 37.4 Å². The van der Waals surface area contributed by atoms with Crippen molar-refractivity contribution in [2.75, 3.05) is 24.5 Å². The summed E-state index contributed by atoms with van der Waals surface area (Å²) in [6.07, 6.45) is 2.93. The van der Waals surface area contributed by atoms with Crippen molar-refractivity contribution in [1.82, 2.24) is 24.4 Å². The lowest BCUT2D eigenvalue weighted by molar-refractivity contribution is -0.128. The quantitative estimate of drug-likeness (QED) is 0.309. The largest absolute Gasteiger partial charge is 0.507 e. The molecule has 0 aliphatic carbocycles. The van der Waals surface area contributed by atoms with Crippen LogP contribution < -0.4 is 10.6 Å². The Morgan fingerprint density at radius 3 is 2.74 bits per heavy atom. The van der Waals surface area contributed by atoms with E-state index in [1.807, 2.05) is 25.7 Å². The zero-order valence-electron chi connectivity index (χ0n) is 23.9. The van der Waals surface area contributed by atoms with Crippen LogP contribution in [0.3, 0.4) is 0 Å². The minimum Gasteiger partial charge on any atom is -0.507 e. The van der Waals surface area contributed by atoms with Crippen LogP contribution in [0.2, 0.25) is 5.02 Å². The maximum Gasteiger partial charge on any atom is 0.355 e. The second-order valence-electron chi connectivity index (χ2n) is 10.6. The van der Waals surface area contributed by atoms with Crippen LogP contribution in [0.15, 0.2) is 54.0 Å². The number of carbonyl (C=O) groups is 1. The average molecular weight is 602 g/mol. The van der Waals surface area contributed by atoms with Gasteiger partial charge in [-0.1, -0.05) is 38.1 Å². The second kappa shape index (κ2) is 11.8. The van der Waals surface area contributed by atoms with Crippen molar-refractivity contribution in [3.8, 4) is 28.8 Å². The lowest BCUT2D eigenvalue weighted by atomic mass is 10.0. The van der Waals surface area contributed by atoms with E-state index in [4.69, 9.17) is 16.6 Å². The Hall–Kier alpha value is -4.82. The fourth-order valence-corrected chi connectivity index (χ4v) is 5.74. The smallest absolute Gasteiger partial charge is 0.355 e. The first-order valence-corrected chi connectivity index (χ1v) is 14.1. The zero-order valence-corrected chi connectivity index (χ0v) is 24.6. The van der Waals surface area contributed by atoms with Crippen molar-refractivity contribution in [1.29, 1.82) is 5.26 Å². The number of rotatable bonds is 6. The van der Waals surface area contributed by atoms with E-state index in [2.05, 4.69) is 22.6 Å². The first kappa shape index (κ1) is 29.7. The van der Waals surface area contributed by atoms with Gasteiger partial charge in [0.05, 0.1) is 51.6 Å². The van der Waals surface area contributed by atoms with Gasteiger partial charge in [-0.25, -0.2) is 18.7 Å². The molecular weight excluding hydrogens is 573 g/mol. The average Bonchev–Trinajstić information content (AvgIpc) is 2.97. The lowest BCUT2D eigenvalue weighted by Crippen LogP contribution is -2.55. The summed E-state index contributed by atoms with van der Waals surface area (Å²) in [4.78, 5) is 43.6. The number of fused-ring (bicyclic) bond motifs is 1. The van der Waals surface area contributed by atoms with Gasteiger partial charge in [0, 0.05) is 25.8 Å². The van der Waals surface area contributed by atoms with Crippen LogP contribution in [0.5, 0.6) is 5.75 Å². The molecule has 12 heteroatoms. The number of aryl methyl sites for hydroxylation is 1. The van der Waals surface area contributed by atoms with Crippen LogP contribution in [-0.4, -0.2) is 61.1 Å². The molecule has 1 unspecified atom stereocenters. The van der Waals surface area contributed by atoms with E-state index in [9.17, 15) is 20.0 Å². The van der Waals surface area contributed by atoms with E-state index in [0.717, 1.165) is 5.56 Å². The lowest BCUT2D eigenvalue weighted by Gasteiger charge is -2.41. The molecule has 1 fully saturated rings. The Labute approximate surface area is 252 Å². The van der Waals surface area contributed by atoms with Crippen molar-refractivity contribution in [3.63, 3.8) is 0 Å². The molecule has 220 valence electrons. The summed E-state index contributed by atoms with van der Waals surface area (Å²) in [6.45, 7) is 10.1. The predicted molar refractivity (Wildman–Crippen MR) is 162 cm³/mol. The monoisotopic (exact) mass is 601 g/mol.